The van der Waals surface area contributed by atoms with Gasteiger partial charge in [0.1, 0.15) is 12.1 Å². The second kappa shape index (κ2) is 7.75. The average molecular weight is 443 g/mol. The van der Waals surface area contributed by atoms with E-state index in [1.54, 1.807) is 24.0 Å². The maximum absolute atomic E-state index is 13.3. The summed E-state index contributed by atoms with van der Waals surface area (Å²) in [6, 6.07) is 15.1. The van der Waals surface area contributed by atoms with E-state index in [4.69, 9.17) is 4.99 Å². The quantitative estimate of drug-likeness (QED) is 0.507. The van der Waals surface area contributed by atoms with Crippen LogP contribution in [-0.4, -0.2) is 31.4 Å². The van der Waals surface area contributed by atoms with Crippen molar-refractivity contribution in [3.63, 3.8) is 0 Å². The molecular weight excluding hydrogens is 421 g/mol. The molecule has 0 saturated carbocycles. The van der Waals surface area contributed by atoms with Crippen LogP contribution in [-0.2, 0) is 6.18 Å². The first-order chi connectivity index (χ1) is 15.0. The molecule has 2 aliphatic heterocycles. The fourth-order valence-corrected chi connectivity index (χ4v) is 5.71. The second-order valence-electron chi connectivity index (χ2n) is 7.69. The molecular formula is C23H21F3N4S. The number of rotatable bonds is 4. The number of benzene rings is 1. The minimum absolute atomic E-state index is 0.130. The zero-order chi connectivity index (χ0) is 21.6. The molecule has 5 rings (SSSR count). The molecule has 0 amide bonds. The number of hydrogen-bond donors (Lipinski definition) is 0. The van der Waals surface area contributed by atoms with Crippen LogP contribution in [0.5, 0.6) is 0 Å². The van der Waals surface area contributed by atoms with Crippen molar-refractivity contribution in [1.29, 1.82) is 0 Å². The van der Waals surface area contributed by atoms with Crippen LogP contribution in [0.2, 0.25) is 0 Å². The van der Waals surface area contributed by atoms with E-state index in [1.165, 1.54) is 12.1 Å². The molecule has 8 heteroatoms. The molecule has 0 radical (unpaired) electrons. The molecule has 0 aliphatic carbocycles. The molecule has 0 unspecified atom stereocenters. The lowest BCUT2D eigenvalue weighted by Crippen LogP contribution is -2.36. The third kappa shape index (κ3) is 3.52. The van der Waals surface area contributed by atoms with E-state index in [9.17, 15) is 13.2 Å². The highest BCUT2D eigenvalue weighted by Crippen LogP contribution is 2.49. The zero-order valence-corrected chi connectivity index (χ0v) is 17.6. The smallest absolute Gasteiger partial charge is 0.337 e. The van der Waals surface area contributed by atoms with Crippen molar-refractivity contribution in [2.75, 3.05) is 5.75 Å². The van der Waals surface area contributed by atoms with E-state index in [0.717, 1.165) is 34.8 Å². The number of pyridine rings is 1. The van der Waals surface area contributed by atoms with Crippen molar-refractivity contribution in [2.45, 2.75) is 37.6 Å². The number of amidine groups is 1. The molecule has 3 aromatic rings. The Bertz CT molecular complexity index is 1110. The lowest BCUT2D eigenvalue weighted by atomic mass is 9.99. The summed E-state index contributed by atoms with van der Waals surface area (Å²) < 4.78 is 41.8. The number of halogens is 3. The molecule has 4 nitrogen and oxygen atoms in total. The van der Waals surface area contributed by atoms with Crippen LogP contribution in [0, 0.1) is 0 Å². The highest BCUT2D eigenvalue weighted by molar-refractivity contribution is 8.14. The Morgan fingerprint density at radius 3 is 2.71 bits per heavy atom. The maximum Gasteiger partial charge on any atom is 0.416 e. The third-order valence-corrected chi connectivity index (χ3v) is 6.99. The molecule has 2 aliphatic rings. The van der Waals surface area contributed by atoms with Gasteiger partial charge in [0.15, 0.2) is 5.17 Å². The third-order valence-electron chi connectivity index (χ3n) is 5.86. The van der Waals surface area contributed by atoms with Crippen molar-refractivity contribution in [3.8, 4) is 5.69 Å². The van der Waals surface area contributed by atoms with Gasteiger partial charge in [0.2, 0.25) is 0 Å². The van der Waals surface area contributed by atoms with E-state index in [0.29, 0.717) is 11.7 Å². The predicted molar refractivity (Wildman–Crippen MR) is 116 cm³/mol. The van der Waals surface area contributed by atoms with Gasteiger partial charge in [0.05, 0.1) is 11.3 Å². The fraction of sp³-hybridized carbons (Fsp3) is 0.304. The summed E-state index contributed by atoms with van der Waals surface area (Å²) in [5, 5.41) is 0.990. The van der Waals surface area contributed by atoms with Crippen LogP contribution in [0.1, 0.15) is 42.4 Å². The van der Waals surface area contributed by atoms with Gasteiger partial charge in [-0.05, 0) is 48.9 Å². The molecule has 1 fully saturated rings. The summed E-state index contributed by atoms with van der Waals surface area (Å²) in [6.45, 7) is 2.16. The average Bonchev–Trinajstić information content (AvgIpc) is 3.48. The zero-order valence-electron chi connectivity index (χ0n) is 16.8. The summed E-state index contributed by atoms with van der Waals surface area (Å²) in [7, 11) is 0. The second-order valence-corrected chi connectivity index (χ2v) is 8.67. The number of aliphatic imine (C=N–C) groups is 1. The van der Waals surface area contributed by atoms with Crippen molar-refractivity contribution in [2.24, 2.45) is 4.99 Å². The summed E-state index contributed by atoms with van der Waals surface area (Å²) in [5.41, 5.74) is 1.61. The van der Waals surface area contributed by atoms with Gasteiger partial charge in [-0.2, -0.15) is 13.2 Å². The highest BCUT2D eigenvalue weighted by atomic mass is 32.2. The van der Waals surface area contributed by atoms with Crippen LogP contribution in [0.15, 0.2) is 72.0 Å². The van der Waals surface area contributed by atoms with E-state index in [1.807, 2.05) is 41.1 Å². The van der Waals surface area contributed by atoms with Gasteiger partial charge in [0, 0.05) is 35.6 Å². The number of aromatic nitrogens is 2. The highest BCUT2D eigenvalue weighted by Gasteiger charge is 2.46. The van der Waals surface area contributed by atoms with Gasteiger partial charge in [-0.1, -0.05) is 30.8 Å². The van der Waals surface area contributed by atoms with Gasteiger partial charge in [-0.3, -0.25) is 9.98 Å². The van der Waals surface area contributed by atoms with E-state index >= 15 is 0 Å². The van der Waals surface area contributed by atoms with Crippen LogP contribution < -0.4 is 0 Å². The van der Waals surface area contributed by atoms with E-state index in [-0.39, 0.29) is 12.1 Å². The van der Waals surface area contributed by atoms with Gasteiger partial charge in [0.25, 0.3) is 0 Å². The molecule has 160 valence electrons. The SMILES string of the molecule is CC[C@@H]1CSC2=N[C@H](c3ccccn3)[C@H](c3cccn3-c3cccc(C(F)(F)F)c3)N21. The van der Waals surface area contributed by atoms with Gasteiger partial charge in [-0.25, -0.2) is 0 Å². The Hall–Kier alpha value is -2.74. The predicted octanol–water partition coefficient (Wildman–Crippen LogP) is 5.87. The Morgan fingerprint density at radius 1 is 1.10 bits per heavy atom. The van der Waals surface area contributed by atoms with Crippen LogP contribution in [0.25, 0.3) is 5.69 Å². The van der Waals surface area contributed by atoms with Crippen molar-refractivity contribution >= 4 is 16.9 Å². The Balaban J connectivity index is 1.61. The van der Waals surface area contributed by atoms with Crippen LogP contribution in [0.3, 0.4) is 0 Å². The maximum atomic E-state index is 13.3. The van der Waals surface area contributed by atoms with Gasteiger partial charge >= 0.3 is 6.18 Å². The Labute approximate surface area is 182 Å². The normalized spacial score (nSPS) is 23.2. The van der Waals surface area contributed by atoms with Gasteiger partial charge in [-0.15, -0.1) is 0 Å². The molecule has 1 saturated heterocycles. The Kier molecular flexibility index (Phi) is 5.04. The summed E-state index contributed by atoms with van der Waals surface area (Å²) in [4.78, 5) is 11.9. The molecule has 1 aromatic carbocycles. The molecule has 3 atom stereocenters. The molecule has 2 aromatic heterocycles. The lowest BCUT2D eigenvalue weighted by molar-refractivity contribution is -0.137. The first-order valence-corrected chi connectivity index (χ1v) is 11.2. The lowest BCUT2D eigenvalue weighted by Gasteiger charge is -2.32. The van der Waals surface area contributed by atoms with Crippen molar-refractivity contribution < 1.29 is 13.2 Å². The molecule has 31 heavy (non-hydrogen) atoms. The molecule has 0 spiro atoms. The summed E-state index contributed by atoms with van der Waals surface area (Å²) in [6.07, 6.45) is 0.166. The van der Waals surface area contributed by atoms with Crippen molar-refractivity contribution in [3.05, 3.63) is 83.9 Å². The monoisotopic (exact) mass is 442 g/mol. The fourth-order valence-electron chi connectivity index (χ4n) is 4.37. The number of nitrogens with zero attached hydrogens (tertiary/aromatic N) is 4. The number of alkyl halides is 3. The first-order valence-electron chi connectivity index (χ1n) is 10.2. The van der Waals surface area contributed by atoms with Crippen molar-refractivity contribution in [1.82, 2.24) is 14.5 Å². The first kappa shape index (κ1) is 20.2. The van der Waals surface area contributed by atoms with Gasteiger partial charge < -0.3 is 9.47 Å². The molecule has 4 heterocycles. The van der Waals surface area contributed by atoms with Crippen LogP contribution >= 0.6 is 11.8 Å². The molecule has 0 N–H and O–H groups in total. The topological polar surface area (TPSA) is 33.4 Å². The number of thioether (sulfide) groups is 1. The number of fused-ring (bicyclic) bond motifs is 1. The Morgan fingerprint density at radius 2 is 1.97 bits per heavy atom. The van der Waals surface area contributed by atoms with Crippen LogP contribution in [0.4, 0.5) is 13.2 Å². The minimum Gasteiger partial charge on any atom is -0.337 e. The molecule has 0 bridgehead atoms. The summed E-state index contributed by atoms with van der Waals surface area (Å²) in [5.74, 6) is 0.963. The standard InChI is InChI=1S/C23H21F3N4S/c1-2-16-14-31-22-28-20(18-9-3-4-11-27-18)21(30(16)22)19-10-6-12-29(19)17-8-5-7-15(13-17)23(24,25)26/h3-13,16,20-21H,2,14H2,1H3/t16-,20-,21+/m1/s1. The minimum atomic E-state index is -4.39. The van der Waals surface area contributed by atoms with E-state index < -0.39 is 11.7 Å². The number of hydrogen-bond acceptors (Lipinski definition) is 4. The largest absolute Gasteiger partial charge is 0.416 e. The van der Waals surface area contributed by atoms with E-state index in [2.05, 4.69) is 16.8 Å². The summed E-state index contributed by atoms with van der Waals surface area (Å²) >= 11 is 1.74.